The molecule has 1 heteroatoms. The third-order valence-electron chi connectivity index (χ3n) is 4.42. The minimum Gasteiger partial charge on any atom is -0.198 e. The first-order valence-corrected chi connectivity index (χ1v) is 8.14. The summed E-state index contributed by atoms with van der Waals surface area (Å²) in [7, 11) is 0. The molecule has 0 aromatic heterocycles. The van der Waals surface area contributed by atoms with Crippen molar-refractivity contribution in [2.45, 2.75) is 39.0 Å². The molecule has 0 spiro atoms. The maximum Gasteiger partial charge on any atom is 0.0618 e. The van der Waals surface area contributed by atoms with Gasteiger partial charge in [-0.25, -0.2) is 0 Å². The van der Waals surface area contributed by atoms with Crippen LogP contribution in [0.15, 0.2) is 48.5 Å². The molecule has 110 valence electrons. The van der Waals surface area contributed by atoms with E-state index >= 15 is 0 Å². The van der Waals surface area contributed by atoms with E-state index in [0.29, 0.717) is 6.42 Å². The Kier molecular flexibility index (Phi) is 4.39. The fraction of sp³-hybridized carbons (Fsp3) is 0.286. The Morgan fingerprint density at radius 1 is 0.864 bits per heavy atom. The van der Waals surface area contributed by atoms with E-state index < -0.39 is 0 Å². The molecule has 1 aliphatic carbocycles. The van der Waals surface area contributed by atoms with Gasteiger partial charge in [0.25, 0.3) is 0 Å². The van der Waals surface area contributed by atoms with Crippen molar-refractivity contribution in [3.63, 3.8) is 0 Å². The first kappa shape index (κ1) is 14.6. The van der Waals surface area contributed by atoms with Crippen molar-refractivity contribution in [3.8, 4) is 6.07 Å². The predicted octanol–water partition coefficient (Wildman–Crippen LogP) is 5.79. The van der Waals surface area contributed by atoms with E-state index in [1.807, 2.05) is 13.0 Å². The average molecular weight is 287 g/mol. The zero-order chi connectivity index (χ0) is 15.4. The summed E-state index contributed by atoms with van der Waals surface area (Å²) < 4.78 is 0. The van der Waals surface area contributed by atoms with E-state index in [9.17, 15) is 0 Å². The van der Waals surface area contributed by atoms with Crippen molar-refractivity contribution in [3.05, 3.63) is 59.7 Å². The summed E-state index contributed by atoms with van der Waals surface area (Å²) in [5, 5.41) is 13.3. The Labute approximate surface area is 132 Å². The molecule has 1 nitrogen and oxygen atoms in total. The van der Waals surface area contributed by atoms with Crippen molar-refractivity contribution in [1.82, 2.24) is 0 Å². The summed E-state index contributed by atoms with van der Waals surface area (Å²) in [5.74, 6) is 0. The van der Waals surface area contributed by atoms with Crippen LogP contribution in [-0.2, 0) is 12.8 Å². The third kappa shape index (κ3) is 2.70. The maximum atomic E-state index is 7.62. The quantitative estimate of drug-likeness (QED) is 0.480. The van der Waals surface area contributed by atoms with E-state index in [2.05, 4.69) is 48.5 Å². The zero-order valence-corrected chi connectivity index (χ0v) is 13.1. The largest absolute Gasteiger partial charge is 0.198 e. The number of nitriles is 1. The number of hydrogen-bond acceptors (Lipinski definition) is 1. The molecule has 0 N–H and O–H groups in total. The second-order valence-electron chi connectivity index (χ2n) is 5.80. The van der Waals surface area contributed by atoms with Crippen molar-refractivity contribution in [2.75, 3.05) is 0 Å². The molecular formula is C21H21N. The summed E-state index contributed by atoms with van der Waals surface area (Å²) in [5.41, 5.74) is 3.17. The number of aryl methyl sites for hydroxylation is 2. The maximum absolute atomic E-state index is 7.62. The van der Waals surface area contributed by atoms with Crippen LogP contribution in [0.5, 0.6) is 0 Å². The summed E-state index contributed by atoms with van der Waals surface area (Å²) in [6, 6.07) is 19.9. The molecule has 0 saturated carbocycles. The fourth-order valence-electron chi connectivity index (χ4n) is 3.34. The number of rotatable bonds is 0. The molecule has 4 rings (SSSR count). The van der Waals surface area contributed by atoms with Crippen molar-refractivity contribution < 1.29 is 0 Å². The number of nitrogens with zero attached hydrogens (tertiary/aromatic N) is 1. The minimum absolute atomic E-state index is 0.625. The molecule has 22 heavy (non-hydrogen) atoms. The van der Waals surface area contributed by atoms with Gasteiger partial charge in [0.2, 0.25) is 0 Å². The Hall–Kier alpha value is -2.33. The molecule has 1 aliphatic rings. The number of fused-ring (bicyclic) bond motifs is 5. The molecule has 0 aliphatic heterocycles. The van der Waals surface area contributed by atoms with Crippen LogP contribution in [0.1, 0.15) is 37.3 Å². The summed E-state index contributed by atoms with van der Waals surface area (Å²) >= 11 is 0. The zero-order valence-electron chi connectivity index (χ0n) is 13.1. The monoisotopic (exact) mass is 287 g/mol. The molecule has 0 radical (unpaired) electrons. The van der Waals surface area contributed by atoms with Gasteiger partial charge in [-0.3, -0.25) is 0 Å². The van der Waals surface area contributed by atoms with Gasteiger partial charge in [-0.15, -0.1) is 0 Å². The van der Waals surface area contributed by atoms with Gasteiger partial charge < -0.3 is 0 Å². The van der Waals surface area contributed by atoms with Crippen LogP contribution in [0, 0.1) is 11.3 Å². The highest BCUT2D eigenvalue weighted by Gasteiger charge is 2.13. The smallest absolute Gasteiger partial charge is 0.0618 e. The highest BCUT2D eigenvalue weighted by atomic mass is 14.2. The fourth-order valence-corrected chi connectivity index (χ4v) is 3.34. The van der Waals surface area contributed by atoms with E-state index in [1.54, 1.807) is 11.1 Å². The Balaban J connectivity index is 0.000000325. The third-order valence-corrected chi connectivity index (χ3v) is 4.42. The molecule has 0 fully saturated rings. The van der Waals surface area contributed by atoms with Gasteiger partial charge in [0.05, 0.1) is 6.07 Å². The standard InChI is InChI=1S/C18H16.C3H5N/c1-3-7-15-13(5-1)9-11-18-16-8-4-2-6-14(16)10-12-17(15)18;1-2-3-4/h1,3,5,7,9-12H,2,4,6,8H2;2H2,1H3. The van der Waals surface area contributed by atoms with Crippen LogP contribution in [0.2, 0.25) is 0 Å². The molecule has 0 bridgehead atoms. The SMILES string of the molecule is CCC#N.c1ccc2c(c1)ccc1c3c(ccc12)CCCC3. The van der Waals surface area contributed by atoms with Gasteiger partial charge >= 0.3 is 0 Å². The van der Waals surface area contributed by atoms with Crippen LogP contribution >= 0.6 is 0 Å². The average Bonchev–Trinajstić information content (AvgIpc) is 2.61. The predicted molar refractivity (Wildman–Crippen MR) is 94.0 cm³/mol. The number of hydrogen-bond donors (Lipinski definition) is 0. The Bertz CT molecular complexity index is 840. The Morgan fingerprint density at radius 2 is 1.59 bits per heavy atom. The van der Waals surface area contributed by atoms with Gasteiger partial charge in [0.15, 0.2) is 0 Å². The minimum atomic E-state index is 0.625. The Morgan fingerprint density at radius 3 is 2.41 bits per heavy atom. The van der Waals surface area contributed by atoms with Crippen LogP contribution in [0.4, 0.5) is 0 Å². The highest BCUT2D eigenvalue weighted by molar-refractivity contribution is 6.08. The van der Waals surface area contributed by atoms with Gasteiger partial charge in [0, 0.05) is 6.42 Å². The molecule has 3 aromatic rings. The van der Waals surface area contributed by atoms with E-state index in [-0.39, 0.29) is 0 Å². The van der Waals surface area contributed by atoms with Crippen molar-refractivity contribution >= 4 is 21.5 Å². The van der Waals surface area contributed by atoms with Crippen LogP contribution in [0.25, 0.3) is 21.5 Å². The first-order chi connectivity index (χ1) is 10.8. The first-order valence-electron chi connectivity index (χ1n) is 8.14. The van der Waals surface area contributed by atoms with Gasteiger partial charge in [-0.1, -0.05) is 55.5 Å². The molecule has 0 saturated heterocycles. The molecule has 3 aromatic carbocycles. The van der Waals surface area contributed by atoms with Gasteiger partial charge in [0.1, 0.15) is 0 Å². The van der Waals surface area contributed by atoms with E-state index in [0.717, 1.165) is 0 Å². The molecule has 0 atom stereocenters. The lowest BCUT2D eigenvalue weighted by Crippen LogP contribution is -2.02. The second-order valence-corrected chi connectivity index (χ2v) is 5.80. The second kappa shape index (κ2) is 6.62. The normalized spacial score (nSPS) is 13.1. The summed E-state index contributed by atoms with van der Waals surface area (Å²) in [4.78, 5) is 0. The lowest BCUT2D eigenvalue weighted by atomic mass is 9.86. The summed E-state index contributed by atoms with van der Waals surface area (Å²) in [6.45, 7) is 1.82. The van der Waals surface area contributed by atoms with Gasteiger partial charge in [-0.05, 0) is 58.4 Å². The molecule has 0 heterocycles. The van der Waals surface area contributed by atoms with E-state index in [1.165, 1.54) is 47.2 Å². The lowest BCUT2D eigenvalue weighted by Gasteiger charge is -2.18. The van der Waals surface area contributed by atoms with Crippen molar-refractivity contribution in [1.29, 1.82) is 5.26 Å². The summed E-state index contributed by atoms with van der Waals surface area (Å²) in [6.07, 6.45) is 5.84. The number of benzene rings is 3. The lowest BCUT2D eigenvalue weighted by molar-refractivity contribution is 0.690. The topological polar surface area (TPSA) is 23.8 Å². The van der Waals surface area contributed by atoms with Crippen LogP contribution in [-0.4, -0.2) is 0 Å². The molecule has 0 amide bonds. The van der Waals surface area contributed by atoms with Gasteiger partial charge in [-0.2, -0.15) is 5.26 Å². The molecular weight excluding hydrogens is 266 g/mol. The van der Waals surface area contributed by atoms with Crippen LogP contribution < -0.4 is 0 Å². The molecule has 0 unspecified atom stereocenters. The van der Waals surface area contributed by atoms with Crippen molar-refractivity contribution in [2.24, 2.45) is 0 Å². The highest BCUT2D eigenvalue weighted by Crippen LogP contribution is 2.33. The van der Waals surface area contributed by atoms with Crippen LogP contribution in [0.3, 0.4) is 0 Å². The van der Waals surface area contributed by atoms with E-state index in [4.69, 9.17) is 5.26 Å².